The molecule has 1 aliphatic rings. The number of nitrogens with one attached hydrogen (secondary N) is 2. The number of imidazole rings is 1. The Labute approximate surface area is 174 Å². The van der Waals surface area contributed by atoms with Gasteiger partial charge in [-0.2, -0.15) is 0 Å². The van der Waals surface area contributed by atoms with Crippen LogP contribution in [0.3, 0.4) is 0 Å². The van der Waals surface area contributed by atoms with Crippen molar-refractivity contribution in [3.05, 3.63) is 29.8 Å². The van der Waals surface area contributed by atoms with Gasteiger partial charge in [0.25, 0.3) is 0 Å². The van der Waals surface area contributed by atoms with Gasteiger partial charge in [0, 0.05) is 11.9 Å². The third-order valence-electron chi connectivity index (χ3n) is 6.04. The fourth-order valence-electron chi connectivity index (χ4n) is 4.31. The largest absolute Gasteiger partial charge is 0.494 e. The van der Waals surface area contributed by atoms with E-state index >= 15 is 0 Å². The maximum Gasteiger partial charge on any atom is 0.235 e. The van der Waals surface area contributed by atoms with Gasteiger partial charge in [-0.05, 0) is 42.7 Å². The summed E-state index contributed by atoms with van der Waals surface area (Å²) in [4.78, 5) is 20.5. The molecule has 1 amide bonds. The molecule has 0 fully saturated rings. The number of carbonyl (C=O) groups excluding carboxylic acids is 1. The van der Waals surface area contributed by atoms with Gasteiger partial charge in [-0.3, -0.25) is 4.79 Å². The second kappa shape index (κ2) is 6.73. The van der Waals surface area contributed by atoms with Crippen LogP contribution in [0.25, 0.3) is 22.4 Å². The predicted molar refractivity (Wildman–Crippen MR) is 116 cm³/mol. The highest BCUT2D eigenvalue weighted by Gasteiger charge is 2.44. The first-order chi connectivity index (χ1) is 14.2. The van der Waals surface area contributed by atoms with Crippen LogP contribution < -0.4 is 15.8 Å². The molecular weight excluding hydrogens is 404 g/mol. The lowest BCUT2D eigenvalue weighted by atomic mass is 9.77. The number of nitrogens with two attached hydrogens (primary N) is 1. The van der Waals surface area contributed by atoms with Crippen LogP contribution in [-0.4, -0.2) is 37.7 Å². The lowest BCUT2D eigenvalue weighted by Gasteiger charge is -2.23. The number of anilines is 2. The number of ether oxygens (including phenoxy) is 1. The minimum Gasteiger partial charge on any atom is -0.494 e. The first-order valence-electron chi connectivity index (χ1n) is 9.68. The summed E-state index contributed by atoms with van der Waals surface area (Å²) >= 11 is 0. The van der Waals surface area contributed by atoms with Crippen molar-refractivity contribution in [2.45, 2.75) is 37.0 Å². The van der Waals surface area contributed by atoms with Crippen LogP contribution >= 0.6 is 0 Å². The molecule has 0 atom stereocenters. The lowest BCUT2D eigenvalue weighted by Crippen LogP contribution is -2.32. The monoisotopic (exact) mass is 428 g/mol. The molecule has 0 radical (unpaired) electrons. The highest BCUT2D eigenvalue weighted by molar-refractivity contribution is 7.90. The van der Waals surface area contributed by atoms with Gasteiger partial charge >= 0.3 is 0 Å². The number of sulfone groups is 1. The van der Waals surface area contributed by atoms with Crippen molar-refractivity contribution in [3.63, 3.8) is 0 Å². The number of nitrogens with zero attached hydrogens (tertiary/aromatic N) is 1. The number of hydrogen-bond acceptors (Lipinski definition) is 6. The minimum atomic E-state index is -3.50. The molecule has 0 spiro atoms. The van der Waals surface area contributed by atoms with Crippen LogP contribution in [0.1, 0.15) is 32.3 Å². The van der Waals surface area contributed by atoms with Gasteiger partial charge in [0.15, 0.2) is 15.6 Å². The van der Waals surface area contributed by atoms with Crippen LogP contribution in [0.2, 0.25) is 0 Å². The molecule has 1 aliphatic heterocycles. The molecule has 3 aromatic rings. The first-order valence-corrected chi connectivity index (χ1v) is 11.6. The van der Waals surface area contributed by atoms with Crippen molar-refractivity contribution >= 4 is 38.2 Å². The predicted octanol–water partition coefficient (Wildman–Crippen LogP) is 3.23. The van der Waals surface area contributed by atoms with Gasteiger partial charge < -0.3 is 20.8 Å². The molecule has 0 saturated carbocycles. The number of aromatic amines is 1. The summed E-state index contributed by atoms with van der Waals surface area (Å²) < 4.78 is 29.4. The van der Waals surface area contributed by atoms with Crippen LogP contribution in [0.5, 0.6) is 5.75 Å². The van der Waals surface area contributed by atoms with E-state index in [1.807, 2.05) is 26.0 Å². The van der Waals surface area contributed by atoms with E-state index in [1.165, 1.54) is 13.2 Å². The Morgan fingerprint density at radius 1 is 1.20 bits per heavy atom. The zero-order valence-electron chi connectivity index (χ0n) is 17.3. The molecule has 158 valence electrons. The fourth-order valence-corrected chi connectivity index (χ4v) is 5.12. The third kappa shape index (κ3) is 2.76. The molecule has 1 aromatic heterocycles. The number of carbonyl (C=O) groups is 1. The quantitative estimate of drug-likeness (QED) is 0.536. The molecule has 2 heterocycles. The standard InChI is InChI=1S/C21H24N4O4S/c1-5-21(6-2)12-9-14-15(10-13(12)25-20(21)26)24-19(23-14)11-7-8-16(30(4,27)28)17(22)18(11)29-3/h7-10H,5-6,22H2,1-4H3,(H,23,24)(H,25,26). The van der Waals surface area contributed by atoms with Crippen LogP contribution in [0.15, 0.2) is 29.2 Å². The van der Waals surface area contributed by atoms with Gasteiger partial charge in [0.05, 0.1) is 39.7 Å². The highest BCUT2D eigenvalue weighted by atomic mass is 32.2. The number of methoxy groups -OCH3 is 1. The van der Waals surface area contributed by atoms with Gasteiger partial charge in [0.1, 0.15) is 5.82 Å². The van der Waals surface area contributed by atoms with Gasteiger partial charge in [-0.25, -0.2) is 13.4 Å². The van der Waals surface area contributed by atoms with E-state index in [1.54, 1.807) is 6.07 Å². The number of H-pyrrole nitrogens is 1. The van der Waals surface area contributed by atoms with Crippen molar-refractivity contribution in [1.29, 1.82) is 0 Å². The summed E-state index contributed by atoms with van der Waals surface area (Å²) in [5, 5.41) is 2.99. The van der Waals surface area contributed by atoms with Crippen molar-refractivity contribution in [3.8, 4) is 17.1 Å². The van der Waals surface area contributed by atoms with Gasteiger partial charge in [-0.1, -0.05) is 13.8 Å². The summed E-state index contributed by atoms with van der Waals surface area (Å²) in [6.45, 7) is 4.02. The van der Waals surface area contributed by atoms with E-state index in [2.05, 4.69) is 15.3 Å². The second-order valence-electron chi connectivity index (χ2n) is 7.57. The lowest BCUT2D eigenvalue weighted by molar-refractivity contribution is -0.121. The van der Waals surface area contributed by atoms with Crippen LogP contribution in [0, 0.1) is 0 Å². The first kappa shape index (κ1) is 20.2. The smallest absolute Gasteiger partial charge is 0.235 e. The van der Waals surface area contributed by atoms with Crippen LogP contribution in [0.4, 0.5) is 11.4 Å². The molecule has 0 bridgehead atoms. The van der Waals surface area contributed by atoms with Crippen molar-refractivity contribution < 1.29 is 17.9 Å². The number of aromatic nitrogens is 2. The Balaban J connectivity index is 1.89. The average Bonchev–Trinajstić information content (AvgIpc) is 3.22. The van der Waals surface area contributed by atoms with Crippen molar-refractivity contribution in [2.75, 3.05) is 24.4 Å². The summed E-state index contributed by atoms with van der Waals surface area (Å²) in [7, 11) is -2.06. The van der Waals surface area contributed by atoms with Crippen molar-refractivity contribution in [1.82, 2.24) is 9.97 Å². The molecule has 4 rings (SSSR count). The molecular formula is C21H24N4O4S. The molecule has 4 N–H and O–H groups in total. The molecule has 2 aromatic carbocycles. The Morgan fingerprint density at radius 2 is 1.90 bits per heavy atom. The van der Waals surface area contributed by atoms with E-state index in [4.69, 9.17) is 10.5 Å². The number of amides is 1. The molecule has 0 aliphatic carbocycles. The maximum absolute atomic E-state index is 12.6. The maximum atomic E-state index is 12.6. The Bertz CT molecular complexity index is 1290. The Morgan fingerprint density at radius 3 is 2.50 bits per heavy atom. The van der Waals surface area contributed by atoms with E-state index in [0.717, 1.165) is 23.0 Å². The highest BCUT2D eigenvalue weighted by Crippen LogP contribution is 2.45. The second-order valence-corrected chi connectivity index (χ2v) is 9.56. The third-order valence-corrected chi connectivity index (χ3v) is 7.20. The number of hydrogen-bond donors (Lipinski definition) is 3. The van der Waals surface area contributed by atoms with Crippen LogP contribution in [-0.2, 0) is 20.0 Å². The minimum absolute atomic E-state index is 0.0107. The molecule has 8 nitrogen and oxygen atoms in total. The summed E-state index contributed by atoms with van der Waals surface area (Å²) in [6, 6.07) is 6.90. The Hall–Kier alpha value is -3.07. The van der Waals surface area contributed by atoms with Gasteiger partial charge in [-0.15, -0.1) is 0 Å². The zero-order valence-corrected chi connectivity index (χ0v) is 18.1. The summed E-state index contributed by atoms with van der Waals surface area (Å²) in [5.74, 6) is 0.762. The summed E-state index contributed by atoms with van der Waals surface area (Å²) in [5.41, 5.74) is 9.32. The van der Waals surface area contributed by atoms with Crippen molar-refractivity contribution in [2.24, 2.45) is 0 Å². The fraction of sp³-hybridized carbons (Fsp3) is 0.333. The molecule has 9 heteroatoms. The number of fused-ring (bicyclic) bond motifs is 2. The molecule has 30 heavy (non-hydrogen) atoms. The zero-order chi connectivity index (χ0) is 21.8. The Kier molecular flexibility index (Phi) is 4.54. The number of nitrogen functional groups attached to an aromatic ring is 1. The number of rotatable bonds is 5. The molecule has 0 unspecified atom stereocenters. The normalized spacial score (nSPS) is 15.3. The van der Waals surface area contributed by atoms with E-state index in [0.29, 0.717) is 29.7 Å². The average molecular weight is 429 g/mol. The van der Waals surface area contributed by atoms with E-state index < -0.39 is 15.3 Å². The molecule has 0 saturated heterocycles. The van der Waals surface area contributed by atoms with E-state index in [-0.39, 0.29) is 22.2 Å². The topological polar surface area (TPSA) is 127 Å². The van der Waals surface area contributed by atoms with E-state index in [9.17, 15) is 13.2 Å². The SMILES string of the molecule is CCC1(CC)C(=O)Nc2cc3[nH]c(-c4ccc(S(C)(=O)=O)c(N)c4OC)nc3cc21. The van der Waals surface area contributed by atoms with Gasteiger partial charge in [0.2, 0.25) is 5.91 Å². The number of benzene rings is 2. The summed E-state index contributed by atoms with van der Waals surface area (Å²) in [6.07, 6.45) is 2.49.